The highest BCUT2D eigenvalue weighted by Crippen LogP contribution is 2.20. The van der Waals surface area contributed by atoms with Crippen LogP contribution in [0.15, 0.2) is 37.2 Å². The first kappa shape index (κ1) is 15.2. The van der Waals surface area contributed by atoms with Crippen molar-refractivity contribution in [1.82, 2.24) is 19.4 Å². The zero-order valence-corrected chi connectivity index (χ0v) is 13.0. The summed E-state index contributed by atoms with van der Waals surface area (Å²) in [7, 11) is 0. The molecule has 1 aliphatic heterocycles. The quantitative estimate of drug-likeness (QED) is 0.864. The van der Waals surface area contributed by atoms with Gasteiger partial charge in [-0.2, -0.15) is 0 Å². The maximum absolute atomic E-state index is 12.5. The first-order chi connectivity index (χ1) is 11.1. The molecule has 7 nitrogen and oxygen atoms in total. The van der Waals surface area contributed by atoms with Gasteiger partial charge in [-0.1, -0.05) is 0 Å². The SMILES string of the molecule is Cc1ccncc1NC(=O)C(=O)N1CCCC1Cn1ccnc1. The van der Waals surface area contributed by atoms with Gasteiger partial charge in [-0.15, -0.1) is 0 Å². The van der Waals surface area contributed by atoms with Crippen molar-refractivity contribution in [1.29, 1.82) is 0 Å². The summed E-state index contributed by atoms with van der Waals surface area (Å²) >= 11 is 0. The summed E-state index contributed by atoms with van der Waals surface area (Å²) < 4.78 is 1.93. The Morgan fingerprint density at radius 3 is 2.96 bits per heavy atom. The van der Waals surface area contributed by atoms with Crippen molar-refractivity contribution in [2.75, 3.05) is 11.9 Å². The number of amides is 2. The molecule has 7 heteroatoms. The number of aryl methyl sites for hydroxylation is 1. The molecule has 1 fully saturated rings. The van der Waals surface area contributed by atoms with Crippen molar-refractivity contribution in [3.63, 3.8) is 0 Å². The van der Waals surface area contributed by atoms with Gasteiger partial charge in [0, 0.05) is 31.7 Å². The Hall–Kier alpha value is -2.70. The van der Waals surface area contributed by atoms with Crippen molar-refractivity contribution in [2.45, 2.75) is 32.4 Å². The minimum Gasteiger partial charge on any atom is -0.335 e. The summed E-state index contributed by atoms with van der Waals surface area (Å²) in [5, 5.41) is 2.65. The Bertz CT molecular complexity index is 698. The van der Waals surface area contributed by atoms with Crippen molar-refractivity contribution in [3.8, 4) is 0 Å². The van der Waals surface area contributed by atoms with Gasteiger partial charge in [-0.25, -0.2) is 4.98 Å². The lowest BCUT2D eigenvalue weighted by Crippen LogP contribution is -2.44. The average Bonchev–Trinajstić information content (AvgIpc) is 3.21. The highest BCUT2D eigenvalue weighted by Gasteiger charge is 2.32. The first-order valence-electron chi connectivity index (χ1n) is 7.63. The van der Waals surface area contributed by atoms with E-state index in [1.807, 2.05) is 17.7 Å². The lowest BCUT2D eigenvalue weighted by molar-refractivity contribution is -0.143. The molecule has 0 bridgehead atoms. The Balaban J connectivity index is 1.66. The summed E-state index contributed by atoms with van der Waals surface area (Å²) in [4.78, 5) is 34.4. The van der Waals surface area contributed by atoms with E-state index in [4.69, 9.17) is 0 Å². The van der Waals surface area contributed by atoms with E-state index >= 15 is 0 Å². The molecule has 1 N–H and O–H groups in total. The normalized spacial score (nSPS) is 17.3. The van der Waals surface area contributed by atoms with Crippen LogP contribution in [0.3, 0.4) is 0 Å². The van der Waals surface area contributed by atoms with E-state index < -0.39 is 11.8 Å². The number of likely N-dealkylation sites (tertiary alicyclic amines) is 1. The number of hydrogen-bond donors (Lipinski definition) is 1. The summed E-state index contributed by atoms with van der Waals surface area (Å²) in [5.74, 6) is -1.10. The average molecular weight is 313 g/mol. The number of carbonyl (C=O) groups is 2. The van der Waals surface area contributed by atoms with Gasteiger partial charge >= 0.3 is 11.8 Å². The second kappa shape index (κ2) is 6.60. The molecule has 2 amide bonds. The van der Waals surface area contributed by atoms with E-state index in [0.717, 1.165) is 18.4 Å². The molecule has 3 rings (SSSR count). The second-order valence-corrected chi connectivity index (χ2v) is 5.70. The maximum Gasteiger partial charge on any atom is 0.313 e. The van der Waals surface area contributed by atoms with Crippen LogP contribution >= 0.6 is 0 Å². The Labute approximate surface area is 134 Å². The Morgan fingerprint density at radius 2 is 2.22 bits per heavy atom. The second-order valence-electron chi connectivity index (χ2n) is 5.70. The van der Waals surface area contributed by atoms with E-state index in [0.29, 0.717) is 18.8 Å². The molecular weight excluding hydrogens is 294 g/mol. The number of imidazole rings is 1. The summed E-state index contributed by atoms with van der Waals surface area (Å²) in [5.41, 5.74) is 1.44. The van der Waals surface area contributed by atoms with Crippen LogP contribution in [-0.2, 0) is 16.1 Å². The molecule has 0 radical (unpaired) electrons. The van der Waals surface area contributed by atoms with Crippen LogP contribution in [-0.4, -0.2) is 43.8 Å². The fraction of sp³-hybridized carbons (Fsp3) is 0.375. The molecule has 0 aliphatic carbocycles. The standard InChI is InChI=1S/C16H19N5O2/c1-12-4-5-17-9-14(12)19-15(22)16(23)21-7-2-3-13(21)10-20-8-6-18-11-20/h4-6,8-9,11,13H,2-3,7,10H2,1H3,(H,19,22). The Morgan fingerprint density at radius 1 is 1.35 bits per heavy atom. The highest BCUT2D eigenvalue weighted by atomic mass is 16.2. The van der Waals surface area contributed by atoms with Crippen molar-refractivity contribution in [3.05, 3.63) is 42.7 Å². The van der Waals surface area contributed by atoms with Crippen molar-refractivity contribution in [2.24, 2.45) is 0 Å². The minimum absolute atomic E-state index is 0.0254. The number of anilines is 1. The third kappa shape index (κ3) is 3.39. The monoisotopic (exact) mass is 313 g/mol. The molecule has 0 spiro atoms. The van der Waals surface area contributed by atoms with Gasteiger partial charge < -0.3 is 14.8 Å². The molecule has 1 aliphatic rings. The van der Waals surface area contributed by atoms with E-state index in [-0.39, 0.29) is 6.04 Å². The minimum atomic E-state index is -0.612. The van der Waals surface area contributed by atoms with Gasteiger partial charge in [0.2, 0.25) is 0 Å². The number of nitrogens with zero attached hydrogens (tertiary/aromatic N) is 4. The van der Waals surface area contributed by atoms with Gasteiger partial charge in [0.15, 0.2) is 0 Å². The summed E-state index contributed by atoms with van der Waals surface area (Å²) in [6.07, 6.45) is 10.3. The lowest BCUT2D eigenvalue weighted by Gasteiger charge is -2.24. The van der Waals surface area contributed by atoms with Crippen LogP contribution in [0, 0.1) is 6.92 Å². The number of nitrogens with one attached hydrogen (secondary N) is 1. The fourth-order valence-electron chi connectivity index (χ4n) is 2.83. The molecule has 120 valence electrons. The van der Waals surface area contributed by atoms with Gasteiger partial charge in [0.05, 0.1) is 24.3 Å². The van der Waals surface area contributed by atoms with E-state index in [2.05, 4.69) is 15.3 Å². The molecular formula is C16H19N5O2. The third-order valence-corrected chi connectivity index (χ3v) is 4.10. The third-order valence-electron chi connectivity index (χ3n) is 4.10. The van der Waals surface area contributed by atoms with Crippen LogP contribution in [0.5, 0.6) is 0 Å². The van der Waals surface area contributed by atoms with Gasteiger partial charge in [-0.3, -0.25) is 14.6 Å². The molecule has 1 atom stereocenters. The molecule has 0 aromatic carbocycles. The van der Waals surface area contributed by atoms with Crippen molar-refractivity contribution >= 4 is 17.5 Å². The molecule has 23 heavy (non-hydrogen) atoms. The zero-order chi connectivity index (χ0) is 16.2. The van der Waals surface area contributed by atoms with Crippen LogP contribution < -0.4 is 5.32 Å². The van der Waals surface area contributed by atoms with Gasteiger partial charge in [-0.05, 0) is 31.4 Å². The summed E-state index contributed by atoms with van der Waals surface area (Å²) in [6.45, 7) is 3.13. The maximum atomic E-state index is 12.5. The van der Waals surface area contributed by atoms with E-state index in [1.54, 1.807) is 35.9 Å². The fourth-order valence-corrected chi connectivity index (χ4v) is 2.83. The first-order valence-corrected chi connectivity index (χ1v) is 7.63. The molecule has 2 aromatic heterocycles. The lowest BCUT2D eigenvalue weighted by atomic mass is 10.2. The summed E-state index contributed by atoms with van der Waals surface area (Å²) in [6, 6.07) is 1.81. The number of hydrogen-bond acceptors (Lipinski definition) is 4. The van der Waals surface area contributed by atoms with Crippen LogP contribution in [0.1, 0.15) is 18.4 Å². The number of rotatable bonds is 3. The van der Waals surface area contributed by atoms with Crippen LogP contribution in [0.2, 0.25) is 0 Å². The Kier molecular flexibility index (Phi) is 4.36. The number of pyridine rings is 1. The molecule has 2 aromatic rings. The predicted octanol–water partition coefficient (Wildman–Crippen LogP) is 1.22. The van der Waals surface area contributed by atoms with Crippen LogP contribution in [0.4, 0.5) is 5.69 Å². The number of carbonyl (C=O) groups excluding carboxylic acids is 2. The number of aromatic nitrogens is 3. The molecule has 1 unspecified atom stereocenters. The molecule has 3 heterocycles. The molecule has 0 saturated carbocycles. The van der Waals surface area contributed by atoms with Crippen molar-refractivity contribution < 1.29 is 9.59 Å². The van der Waals surface area contributed by atoms with Crippen LogP contribution in [0.25, 0.3) is 0 Å². The predicted molar refractivity (Wildman–Crippen MR) is 84.6 cm³/mol. The largest absolute Gasteiger partial charge is 0.335 e. The van der Waals surface area contributed by atoms with Gasteiger partial charge in [0.1, 0.15) is 0 Å². The van der Waals surface area contributed by atoms with E-state index in [9.17, 15) is 9.59 Å². The molecule has 1 saturated heterocycles. The zero-order valence-electron chi connectivity index (χ0n) is 13.0. The van der Waals surface area contributed by atoms with Gasteiger partial charge in [0.25, 0.3) is 0 Å². The highest BCUT2D eigenvalue weighted by molar-refractivity contribution is 6.39. The topological polar surface area (TPSA) is 80.1 Å². The smallest absolute Gasteiger partial charge is 0.313 e. The van der Waals surface area contributed by atoms with E-state index in [1.165, 1.54) is 0 Å².